The largest absolute Gasteiger partial charge is 0.480 e. The van der Waals surface area contributed by atoms with Crippen LogP contribution in [0, 0.1) is 5.82 Å². The van der Waals surface area contributed by atoms with Gasteiger partial charge in [0.1, 0.15) is 18.1 Å². The lowest BCUT2D eigenvalue weighted by molar-refractivity contribution is -0.137. The van der Waals surface area contributed by atoms with Gasteiger partial charge in [0.2, 0.25) is 5.91 Å². The van der Waals surface area contributed by atoms with Crippen molar-refractivity contribution in [2.75, 3.05) is 0 Å². The zero-order valence-electron chi connectivity index (χ0n) is 15.5. The van der Waals surface area contributed by atoms with Gasteiger partial charge < -0.3 is 19.5 Å². The van der Waals surface area contributed by atoms with Crippen LogP contribution in [0.4, 0.5) is 4.39 Å². The average Bonchev–Trinajstić information content (AvgIpc) is 3.21. The van der Waals surface area contributed by atoms with E-state index in [1.165, 1.54) is 12.1 Å². The van der Waals surface area contributed by atoms with Crippen LogP contribution in [0.25, 0.3) is 10.9 Å². The van der Waals surface area contributed by atoms with Crippen LogP contribution in [0.3, 0.4) is 0 Å². The number of carbonyl (C=O) groups excluding carboxylic acids is 1. The number of hydrogen-bond donors (Lipinski definition) is 2. The molecule has 2 aromatic heterocycles. The van der Waals surface area contributed by atoms with E-state index in [0.717, 1.165) is 11.3 Å². The summed E-state index contributed by atoms with van der Waals surface area (Å²) >= 11 is 5.70. The molecule has 1 unspecified atom stereocenters. The van der Waals surface area contributed by atoms with Crippen molar-refractivity contribution in [3.63, 3.8) is 0 Å². The molecule has 1 amide bonds. The predicted octanol–water partition coefficient (Wildman–Crippen LogP) is 3.11. The van der Waals surface area contributed by atoms with E-state index in [1.807, 2.05) is 0 Å². The zero-order valence-corrected chi connectivity index (χ0v) is 16.2. The van der Waals surface area contributed by atoms with Crippen LogP contribution in [0.2, 0.25) is 5.15 Å². The van der Waals surface area contributed by atoms with E-state index in [2.05, 4.69) is 10.5 Å². The maximum absolute atomic E-state index is 13.8. The van der Waals surface area contributed by atoms with Crippen LogP contribution >= 0.6 is 11.6 Å². The summed E-state index contributed by atoms with van der Waals surface area (Å²) in [5.41, 5.74) is 2.50. The molecule has 0 saturated heterocycles. The molecule has 0 bridgehead atoms. The minimum absolute atomic E-state index is 0.0968. The molecule has 152 valence electrons. The maximum atomic E-state index is 13.8. The normalized spacial score (nSPS) is 16.0. The number of carboxylic acid groups (broad SMARTS) is 1. The van der Waals surface area contributed by atoms with E-state index in [0.29, 0.717) is 42.3 Å². The van der Waals surface area contributed by atoms with Crippen molar-refractivity contribution in [2.45, 2.75) is 44.7 Å². The highest BCUT2D eigenvalue weighted by Gasteiger charge is 2.27. The van der Waals surface area contributed by atoms with E-state index in [-0.39, 0.29) is 35.9 Å². The molecule has 0 saturated carbocycles. The summed E-state index contributed by atoms with van der Waals surface area (Å²) in [6.45, 7) is -0.172. The van der Waals surface area contributed by atoms with E-state index < -0.39 is 5.97 Å². The van der Waals surface area contributed by atoms with Crippen molar-refractivity contribution in [3.8, 4) is 0 Å². The molecule has 7 nitrogen and oxygen atoms in total. The lowest BCUT2D eigenvalue weighted by atomic mass is 9.91. The fourth-order valence-corrected chi connectivity index (χ4v) is 4.16. The van der Waals surface area contributed by atoms with E-state index in [9.17, 15) is 19.1 Å². The summed E-state index contributed by atoms with van der Waals surface area (Å²) in [6, 6.07) is 5.86. The fraction of sp³-hybridized carbons (Fsp3) is 0.350. The van der Waals surface area contributed by atoms with Gasteiger partial charge in [-0.1, -0.05) is 16.8 Å². The Morgan fingerprint density at radius 2 is 2.21 bits per heavy atom. The second-order valence-corrected chi connectivity index (χ2v) is 7.58. The first kappa shape index (κ1) is 19.4. The molecule has 1 aliphatic rings. The predicted molar refractivity (Wildman–Crippen MR) is 103 cm³/mol. The summed E-state index contributed by atoms with van der Waals surface area (Å²) in [5, 5.41) is 16.8. The van der Waals surface area contributed by atoms with E-state index in [1.54, 1.807) is 16.7 Å². The summed E-state index contributed by atoms with van der Waals surface area (Å²) in [7, 11) is 0. The number of rotatable bonds is 6. The number of carboxylic acids is 1. The molecule has 0 radical (unpaired) electrons. The third kappa shape index (κ3) is 4.12. The minimum atomic E-state index is -0.947. The third-order valence-corrected chi connectivity index (χ3v) is 5.39. The van der Waals surface area contributed by atoms with Crippen molar-refractivity contribution < 1.29 is 23.6 Å². The Kier molecular flexibility index (Phi) is 5.27. The number of aliphatic carboxylic acids is 1. The SMILES string of the molecule is O=C(O)Cn1c2c(c3cc(F)ccc31)CC(NC(=O)CCc1cc(Cl)no1)CC2. The standard InChI is InChI=1S/C20H19ClFN3O4/c21-18-9-13(29-24-18)3-6-19(26)23-12-2-5-17-15(8-12)14-7-11(22)1-4-16(14)25(17)10-20(27)28/h1,4,7,9,12H,2-3,5-6,8,10H2,(H,23,26)(H,27,28). The maximum Gasteiger partial charge on any atom is 0.323 e. The van der Waals surface area contributed by atoms with Crippen LogP contribution in [0.1, 0.15) is 29.9 Å². The number of aromatic nitrogens is 2. The molecule has 9 heteroatoms. The molecule has 2 N–H and O–H groups in total. The van der Waals surface area contributed by atoms with Crippen LogP contribution in [-0.2, 0) is 35.4 Å². The van der Waals surface area contributed by atoms with Gasteiger partial charge >= 0.3 is 5.97 Å². The fourth-order valence-electron chi connectivity index (χ4n) is 4.00. The highest BCUT2D eigenvalue weighted by Crippen LogP contribution is 2.33. The Morgan fingerprint density at radius 3 is 2.93 bits per heavy atom. The topological polar surface area (TPSA) is 97.4 Å². The second kappa shape index (κ2) is 7.87. The third-order valence-electron chi connectivity index (χ3n) is 5.22. The number of aryl methyl sites for hydroxylation is 1. The molecular formula is C20H19ClFN3O4. The van der Waals surface area contributed by atoms with Crippen molar-refractivity contribution in [2.24, 2.45) is 0 Å². The summed E-state index contributed by atoms with van der Waals surface area (Å²) < 4.78 is 20.6. The number of fused-ring (bicyclic) bond motifs is 3. The first-order chi connectivity index (χ1) is 13.9. The lowest BCUT2D eigenvalue weighted by Gasteiger charge is -2.25. The van der Waals surface area contributed by atoms with Crippen molar-refractivity contribution in [3.05, 3.63) is 52.3 Å². The van der Waals surface area contributed by atoms with Gasteiger partial charge in [-0.15, -0.1) is 0 Å². The quantitative estimate of drug-likeness (QED) is 0.639. The Hall–Kier alpha value is -2.87. The van der Waals surface area contributed by atoms with Gasteiger partial charge in [-0.2, -0.15) is 0 Å². The van der Waals surface area contributed by atoms with Gasteiger partial charge in [0, 0.05) is 41.5 Å². The van der Waals surface area contributed by atoms with E-state index >= 15 is 0 Å². The van der Waals surface area contributed by atoms with Crippen LogP contribution in [0.15, 0.2) is 28.8 Å². The van der Waals surface area contributed by atoms with Gasteiger partial charge in [0.15, 0.2) is 5.15 Å². The Morgan fingerprint density at radius 1 is 1.38 bits per heavy atom. The van der Waals surface area contributed by atoms with E-state index in [4.69, 9.17) is 16.1 Å². The highest BCUT2D eigenvalue weighted by molar-refractivity contribution is 6.29. The Balaban J connectivity index is 1.50. The number of hydrogen-bond acceptors (Lipinski definition) is 4. The van der Waals surface area contributed by atoms with Crippen LogP contribution < -0.4 is 5.32 Å². The number of benzene rings is 1. The molecule has 1 atom stereocenters. The summed E-state index contributed by atoms with van der Waals surface area (Å²) in [5.74, 6) is -0.892. The first-order valence-electron chi connectivity index (χ1n) is 9.32. The van der Waals surface area contributed by atoms with Gasteiger partial charge in [0.05, 0.1) is 0 Å². The molecule has 1 aromatic carbocycles. The number of carbonyl (C=O) groups is 2. The second-order valence-electron chi connectivity index (χ2n) is 7.19. The highest BCUT2D eigenvalue weighted by atomic mass is 35.5. The Bertz CT molecular complexity index is 1090. The number of nitrogens with one attached hydrogen (secondary N) is 1. The first-order valence-corrected chi connectivity index (χ1v) is 9.70. The van der Waals surface area contributed by atoms with Gasteiger partial charge in [0.25, 0.3) is 0 Å². The van der Waals surface area contributed by atoms with Crippen molar-refractivity contribution in [1.82, 2.24) is 15.0 Å². The molecule has 2 heterocycles. The number of amides is 1. The molecule has 0 fully saturated rings. The minimum Gasteiger partial charge on any atom is -0.480 e. The molecule has 1 aliphatic carbocycles. The smallest absolute Gasteiger partial charge is 0.323 e. The zero-order chi connectivity index (χ0) is 20.5. The van der Waals surface area contributed by atoms with Crippen molar-refractivity contribution >= 4 is 34.4 Å². The molecule has 4 rings (SSSR count). The Labute approximate surface area is 170 Å². The van der Waals surface area contributed by atoms with Crippen LogP contribution in [0.5, 0.6) is 0 Å². The van der Waals surface area contributed by atoms with Gasteiger partial charge in [-0.05, 0) is 43.0 Å². The lowest BCUT2D eigenvalue weighted by Crippen LogP contribution is -2.39. The van der Waals surface area contributed by atoms with Gasteiger partial charge in [-0.3, -0.25) is 9.59 Å². The molecular weight excluding hydrogens is 401 g/mol. The molecule has 29 heavy (non-hydrogen) atoms. The summed E-state index contributed by atoms with van der Waals surface area (Å²) in [6.07, 6.45) is 2.46. The van der Waals surface area contributed by atoms with Crippen LogP contribution in [-0.4, -0.2) is 32.7 Å². The molecule has 3 aromatic rings. The number of halogens is 2. The molecule has 0 aliphatic heterocycles. The average molecular weight is 420 g/mol. The summed E-state index contributed by atoms with van der Waals surface area (Å²) in [4.78, 5) is 23.6. The van der Waals surface area contributed by atoms with Gasteiger partial charge in [-0.25, -0.2) is 4.39 Å². The monoisotopic (exact) mass is 419 g/mol. The molecule has 0 spiro atoms. The number of nitrogens with zero attached hydrogens (tertiary/aromatic N) is 2. The van der Waals surface area contributed by atoms with Crippen molar-refractivity contribution in [1.29, 1.82) is 0 Å².